The van der Waals surface area contributed by atoms with E-state index in [4.69, 9.17) is 0 Å². The zero-order valence-corrected chi connectivity index (χ0v) is 6.71. The molecule has 0 bridgehead atoms. The van der Waals surface area contributed by atoms with Crippen molar-refractivity contribution in [3.63, 3.8) is 0 Å². The van der Waals surface area contributed by atoms with Gasteiger partial charge in [-0.3, -0.25) is 0 Å². The Bertz CT molecular complexity index is 108. The van der Waals surface area contributed by atoms with Crippen LogP contribution in [0, 0.1) is 0 Å². The number of rotatable bonds is 5. The minimum absolute atomic E-state index is 1.13. The lowest BCUT2D eigenvalue weighted by Crippen LogP contribution is -1.70. The van der Waals surface area contributed by atoms with Crippen molar-refractivity contribution in [3.8, 4) is 0 Å². The normalized spacial score (nSPS) is 11.4. The van der Waals surface area contributed by atoms with Crippen molar-refractivity contribution in [3.05, 3.63) is 12.2 Å². The van der Waals surface area contributed by atoms with Crippen molar-refractivity contribution in [2.24, 2.45) is 5.16 Å². The highest BCUT2D eigenvalue weighted by molar-refractivity contribution is 5.70. The summed E-state index contributed by atoms with van der Waals surface area (Å²) in [5.41, 5.74) is 0. The molecule has 0 aliphatic rings. The van der Waals surface area contributed by atoms with Gasteiger partial charge in [0.1, 0.15) is 7.11 Å². The molecule has 0 N–H and O–H groups in total. The molecular formula is C8H15NO. The van der Waals surface area contributed by atoms with E-state index in [9.17, 15) is 0 Å². The topological polar surface area (TPSA) is 21.6 Å². The molecule has 0 aliphatic heterocycles. The van der Waals surface area contributed by atoms with E-state index in [1.807, 2.05) is 6.08 Å². The van der Waals surface area contributed by atoms with Crippen LogP contribution in [0.25, 0.3) is 0 Å². The van der Waals surface area contributed by atoms with Gasteiger partial charge in [-0.2, -0.15) is 0 Å². The van der Waals surface area contributed by atoms with Crippen LogP contribution in [0.5, 0.6) is 0 Å². The molecule has 0 aliphatic carbocycles. The van der Waals surface area contributed by atoms with Gasteiger partial charge in [-0.25, -0.2) is 0 Å². The number of hydrogen-bond acceptors (Lipinski definition) is 2. The molecule has 0 aromatic heterocycles. The first-order valence-electron chi connectivity index (χ1n) is 3.63. The Morgan fingerprint density at radius 2 is 2.30 bits per heavy atom. The first-order valence-corrected chi connectivity index (χ1v) is 3.63. The Kier molecular flexibility index (Phi) is 7.56. The second kappa shape index (κ2) is 8.21. The maximum absolute atomic E-state index is 4.47. The second-order valence-corrected chi connectivity index (χ2v) is 2.01. The molecule has 58 valence electrons. The lowest BCUT2D eigenvalue weighted by molar-refractivity contribution is 0.215. The summed E-state index contributed by atoms with van der Waals surface area (Å²) in [4.78, 5) is 4.47. The van der Waals surface area contributed by atoms with Crippen LogP contribution in [0.2, 0.25) is 0 Å². The van der Waals surface area contributed by atoms with Gasteiger partial charge >= 0.3 is 0 Å². The Labute approximate surface area is 62.6 Å². The molecule has 0 atom stereocenters. The third kappa shape index (κ3) is 7.21. The maximum atomic E-state index is 4.47. The van der Waals surface area contributed by atoms with Crippen LogP contribution in [0.3, 0.4) is 0 Å². The van der Waals surface area contributed by atoms with E-state index in [0.717, 1.165) is 6.42 Å². The minimum Gasteiger partial charge on any atom is -0.399 e. The average Bonchev–Trinajstić information content (AvgIpc) is 1.97. The molecule has 2 nitrogen and oxygen atoms in total. The molecule has 0 fully saturated rings. The Morgan fingerprint density at radius 3 is 2.90 bits per heavy atom. The lowest BCUT2D eigenvalue weighted by Gasteiger charge is -1.85. The molecule has 2 heteroatoms. The average molecular weight is 141 g/mol. The monoisotopic (exact) mass is 141 g/mol. The molecule has 0 amide bonds. The Morgan fingerprint density at radius 1 is 1.50 bits per heavy atom. The summed E-state index contributed by atoms with van der Waals surface area (Å²) < 4.78 is 0. The Balaban J connectivity index is 3.11. The van der Waals surface area contributed by atoms with Crippen LogP contribution in [0.4, 0.5) is 0 Å². The summed E-state index contributed by atoms with van der Waals surface area (Å²) >= 11 is 0. The fourth-order valence-corrected chi connectivity index (χ4v) is 0.575. The van der Waals surface area contributed by atoms with Gasteiger partial charge < -0.3 is 4.84 Å². The fourth-order valence-electron chi connectivity index (χ4n) is 0.575. The zero-order valence-electron chi connectivity index (χ0n) is 6.71. The summed E-state index contributed by atoms with van der Waals surface area (Å²) in [6, 6.07) is 0. The first kappa shape index (κ1) is 9.21. The van der Waals surface area contributed by atoms with E-state index in [2.05, 4.69) is 23.0 Å². The SMILES string of the molecule is CCCC/C=C/C=N/OC. The number of nitrogens with zero attached hydrogens (tertiary/aromatic N) is 1. The van der Waals surface area contributed by atoms with Crippen molar-refractivity contribution in [2.45, 2.75) is 26.2 Å². The van der Waals surface area contributed by atoms with Crippen molar-refractivity contribution in [1.29, 1.82) is 0 Å². The number of unbranched alkanes of at least 4 members (excludes halogenated alkanes) is 2. The summed E-state index contributed by atoms with van der Waals surface area (Å²) in [6.07, 6.45) is 9.26. The highest BCUT2D eigenvalue weighted by Gasteiger charge is 1.75. The molecule has 0 radical (unpaired) electrons. The van der Waals surface area contributed by atoms with Gasteiger partial charge in [-0.15, -0.1) is 0 Å². The lowest BCUT2D eigenvalue weighted by atomic mass is 10.2. The summed E-state index contributed by atoms with van der Waals surface area (Å²) in [5, 5.41) is 3.56. The highest BCUT2D eigenvalue weighted by atomic mass is 16.6. The summed E-state index contributed by atoms with van der Waals surface area (Å²) in [7, 11) is 1.54. The van der Waals surface area contributed by atoms with Gasteiger partial charge in [0.05, 0.1) is 6.21 Å². The van der Waals surface area contributed by atoms with Crippen molar-refractivity contribution in [2.75, 3.05) is 7.11 Å². The van der Waals surface area contributed by atoms with Gasteiger partial charge in [0.2, 0.25) is 0 Å². The number of allylic oxidation sites excluding steroid dienone is 2. The highest BCUT2D eigenvalue weighted by Crippen LogP contribution is 1.93. The Hall–Kier alpha value is -0.790. The van der Waals surface area contributed by atoms with Crippen molar-refractivity contribution in [1.82, 2.24) is 0 Å². The standard InChI is InChI=1S/C8H15NO/c1-3-4-5-6-7-8-9-10-2/h6-8H,3-5H2,1-2H3/b7-6+,9-8+. The molecular weight excluding hydrogens is 126 g/mol. The van der Waals surface area contributed by atoms with E-state index in [1.54, 1.807) is 6.21 Å². The first-order chi connectivity index (χ1) is 4.91. The molecule has 10 heavy (non-hydrogen) atoms. The zero-order chi connectivity index (χ0) is 7.66. The smallest absolute Gasteiger partial charge is 0.106 e. The largest absolute Gasteiger partial charge is 0.399 e. The molecule has 0 aromatic rings. The minimum atomic E-state index is 1.13. The van der Waals surface area contributed by atoms with Crippen LogP contribution in [-0.4, -0.2) is 13.3 Å². The van der Waals surface area contributed by atoms with E-state index in [-0.39, 0.29) is 0 Å². The molecule has 0 unspecified atom stereocenters. The van der Waals surface area contributed by atoms with E-state index >= 15 is 0 Å². The molecule has 0 spiro atoms. The van der Waals surface area contributed by atoms with Gasteiger partial charge in [0, 0.05) is 0 Å². The third-order valence-corrected chi connectivity index (χ3v) is 1.11. The second-order valence-electron chi connectivity index (χ2n) is 2.01. The van der Waals surface area contributed by atoms with E-state index in [0.29, 0.717) is 0 Å². The molecule has 0 saturated heterocycles. The van der Waals surface area contributed by atoms with Crippen LogP contribution in [-0.2, 0) is 4.84 Å². The molecule has 0 rings (SSSR count). The van der Waals surface area contributed by atoms with Gasteiger partial charge in [-0.05, 0) is 12.5 Å². The maximum Gasteiger partial charge on any atom is 0.106 e. The van der Waals surface area contributed by atoms with Crippen LogP contribution < -0.4 is 0 Å². The van der Waals surface area contributed by atoms with Gasteiger partial charge in [0.15, 0.2) is 0 Å². The molecule has 0 aromatic carbocycles. The van der Waals surface area contributed by atoms with Gasteiger partial charge in [0.25, 0.3) is 0 Å². The predicted molar refractivity (Wildman–Crippen MR) is 44.2 cm³/mol. The van der Waals surface area contributed by atoms with E-state index in [1.165, 1.54) is 20.0 Å². The summed E-state index contributed by atoms with van der Waals surface area (Å²) in [5.74, 6) is 0. The quantitative estimate of drug-likeness (QED) is 0.327. The van der Waals surface area contributed by atoms with Crippen LogP contribution in [0.15, 0.2) is 17.3 Å². The van der Waals surface area contributed by atoms with Crippen LogP contribution >= 0.6 is 0 Å². The number of oxime groups is 1. The fraction of sp³-hybridized carbons (Fsp3) is 0.625. The van der Waals surface area contributed by atoms with Gasteiger partial charge in [-0.1, -0.05) is 31.0 Å². The van der Waals surface area contributed by atoms with Crippen molar-refractivity contribution < 1.29 is 4.84 Å². The molecule has 0 heterocycles. The predicted octanol–water partition coefficient (Wildman–Crippen LogP) is 2.37. The molecule has 0 saturated carbocycles. The van der Waals surface area contributed by atoms with E-state index < -0.39 is 0 Å². The number of hydrogen-bond donors (Lipinski definition) is 0. The van der Waals surface area contributed by atoms with Crippen molar-refractivity contribution >= 4 is 6.21 Å². The third-order valence-electron chi connectivity index (χ3n) is 1.11. The van der Waals surface area contributed by atoms with Crippen LogP contribution in [0.1, 0.15) is 26.2 Å². The summed E-state index contributed by atoms with van der Waals surface area (Å²) in [6.45, 7) is 2.18.